The second-order valence-electron chi connectivity index (χ2n) is 4.68. The number of amidine groups is 1. The summed E-state index contributed by atoms with van der Waals surface area (Å²) in [5.74, 6) is 1.39. The minimum atomic E-state index is 0.0257. The molecule has 1 aliphatic carbocycles. The maximum Gasteiger partial charge on any atom is 0.0995 e. The van der Waals surface area contributed by atoms with Crippen LogP contribution < -0.4 is 0 Å². The Balaban J connectivity index is 2.05. The number of nitrogens with zero attached hydrogens (tertiary/aromatic N) is 1. The van der Waals surface area contributed by atoms with Crippen LogP contribution in [0.3, 0.4) is 0 Å². The molecular weight excluding hydrogens is 164 g/mol. The second-order valence-corrected chi connectivity index (χ2v) is 4.68. The van der Waals surface area contributed by atoms with E-state index in [1.165, 1.54) is 12.8 Å². The van der Waals surface area contributed by atoms with Crippen LogP contribution >= 0.6 is 0 Å². The summed E-state index contributed by atoms with van der Waals surface area (Å²) in [4.78, 5) is 2.22. The van der Waals surface area contributed by atoms with Crippen molar-refractivity contribution in [1.29, 1.82) is 5.41 Å². The Kier molecular flexibility index (Phi) is 2.06. The van der Waals surface area contributed by atoms with Crippen molar-refractivity contribution in [3.05, 3.63) is 0 Å². The highest BCUT2D eigenvalue weighted by Gasteiger charge is 2.38. The van der Waals surface area contributed by atoms with Gasteiger partial charge in [-0.25, -0.2) is 0 Å². The molecule has 74 valence electrons. The van der Waals surface area contributed by atoms with E-state index in [4.69, 9.17) is 10.1 Å². The fraction of sp³-hybridized carbons (Fsp3) is 0.900. The molecule has 13 heavy (non-hydrogen) atoms. The Morgan fingerprint density at radius 3 is 2.69 bits per heavy atom. The molecule has 0 aromatic rings. The quantitative estimate of drug-likeness (QED) is 0.492. The molecule has 1 saturated heterocycles. The fourth-order valence-corrected chi connectivity index (χ4v) is 1.88. The minimum Gasteiger partial charge on any atom is -0.377 e. The van der Waals surface area contributed by atoms with Crippen molar-refractivity contribution in [1.82, 2.24) is 4.90 Å². The summed E-state index contributed by atoms with van der Waals surface area (Å²) in [6.07, 6.45) is 2.43. The summed E-state index contributed by atoms with van der Waals surface area (Å²) >= 11 is 0. The molecule has 2 aliphatic rings. The largest absolute Gasteiger partial charge is 0.377 e. The zero-order chi connectivity index (χ0) is 9.47. The fourth-order valence-electron chi connectivity index (χ4n) is 1.88. The third-order valence-corrected chi connectivity index (χ3v) is 2.90. The molecule has 1 N–H and O–H groups in total. The van der Waals surface area contributed by atoms with E-state index in [0.29, 0.717) is 5.92 Å². The average molecular weight is 182 g/mol. The number of rotatable bonds is 1. The number of hydrogen-bond acceptors (Lipinski definition) is 2. The highest BCUT2D eigenvalue weighted by atomic mass is 16.5. The molecule has 1 aliphatic heterocycles. The van der Waals surface area contributed by atoms with Gasteiger partial charge >= 0.3 is 0 Å². The monoisotopic (exact) mass is 182 g/mol. The maximum absolute atomic E-state index is 8.03. The number of hydrogen-bond donors (Lipinski definition) is 1. The van der Waals surface area contributed by atoms with Crippen LogP contribution in [0, 0.1) is 11.3 Å². The molecule has 0 bridgehead atoms. The predicted molar refractivity (Wildman–Crippen MR) is 52.1 cm³/mol. The number of nitrogens with one attached hydrogen (secondary N) is 1. The summed E-state index contributed by atoms with van der Waals surface area (Å²) in [5, 5.41) is 8.03. The summed E-state index contributed by atoms with van der Waals surface area (Å²) in [6, 6.07) is 0. The van der Waals surface area contributed by atoms with Crippen molar-refractivity contribution in [2.45, 2.75) is 32.2 Å². The van der Waals surface area contributed by atoms with Crippen LogP contribution in [0.15, 0.2) is 0 Å². The number of morpholine rings is 1. The zero-order valence-corrected chi connectivity index (χ0v) is 8.47. The molecule has 3 nitrogen and oxygen atoms in total. The highest BCUT2D eigenvalue weighted by Crippen LogP contribution is 2.34. The Labute approximate surface area is 79.6 Å². The van der Waals surface area contributed by atoms with E-state index in [-0.39, 0.29) is 5.54 Å². The Bertz CT molecular complexity index is 221. The summed E-state index contributed by atoms with van der Waals surface area (Å²) in [7, 11) is 0. The standard InChI is InChI=1S/C10H18N2O/c1-10(2)7-13-6-5-12(10)9(11)8-3-4-8/h8,11H,3-7H2,1-2H3. The van der Waals surface area contributed by atoms with Gasteiger partial charge in [-0.3, -0.25) is 5.41 Å². The van der Waals surface area contributed by atoms with Crippen molar-refractivity contribution in [3.63, 3.8) is 0 Å². The molecule has 0 atom stereocenters. The summed E-state index contributed by atoms with van der Waals surface area (Å²) in [6.45, 7) is 6.73. The maximum atomic E-state index is 8.03. The first-order chi connectivity index (χ1) is 6.11. The van der Waals surface area contributed by atoms with Crippen LogP contribution in [0.1, 0.15) is 26.7 Å². The van der Waals surface area contributed by atoms with Gasteiger partial charge < -0.3 is 9.64 Å². The van der Waals surface area contributed by atoms with E-state index in [2.05, 4.69) is 18.7 Å². The van der Waals surface area contributed by atoms with E-state index in [1.54, 1.807) is 0 Å². The third-order valence-electron chi connectivity index (χ3n) is 2.90. The van der Waals surface area contributed by atoms with Crippen molar-refractivity contribution in [2.24, 2.45) is 5.92 Å². The SMILES string of the molecule is CC1(C)COCCN1C(=N)C1CC1. The van der Waals surface area contributed by atoms with E-state index in [1.807, 2.05) is 0 Å². The smallest absolute Gasteiger partial charge is 0.0995 e. The predicted octanol–water partition coefficient (Wildman–Crippen LogP) is 1.48. The third kappa shape index (κ3) is 1.70. The van der Waals surface area contributed by atoms with Crippen molar-refractivity contribution in [3.8, 4) is 0 Å². The lowest BCUT2D eigenvalue weighted by atomic mass is 10.0. The zero-order valence-electron chi connectivity index (χ0n) is 8.47. The molecular formula is C10H18N2O. The van der Waals surface area contributed by atoms with Crippen molar-refractivity contribution in [2.75, 3.05) is 19.8 Å². The number of ether oxygens (including phenoxy) is 1. The lowest BCUT2D eigenvalue weighted by molar-refractivity contribution is -0.0167. The van der Waals surface area contributed by atoms with Gasteiger partial charge in [0.2, 0.25) is 0 Å². The molecule has 0 amide bonds. The molecule has 0 aromatic carbocycles. The van der Waals surface area contributed by atoms with E-state index < -0.39 is 0 Å². The first kappa shape index (κ1) is 9.00. The van der Waals surface area contributed by atoms with Crippen LogP contribution in [0.2, 0.25) is 0 Å². The van der Waals surface area contributed by atoms with Gasteiger partial charge in [-0.1, -0.05) is 0 Å². The highest BCUT2D eigenvalue weighted by molar-refractivity contribution is 5.84. The molecule has 3 heteroatoms. The van der Waals surface area contributed by atoms with Crippen molar-refractivity contribution >= 4 is 5.84 Å². The molecule has 2 rings (SSSR count). The van der Waals surface area contributed by atoms with E-state index in [9.17, 15) is 0 Å². The van der Waals surface area contributed by atoms with Gasteiger partial charge in [0.25, 0.3) is 0 Å². The topological polar surface area (TPSA) is 36.3 Å². The molecule has 1 heterocycles. The summed E-state index contributed by atoms with van der Waals surface area (Å²) < 4.78 is 5.43. The molecule has 1 saturated carbocycles. The lowest BCUT2D eigenvalue weighted by Crippen LogP contribution is -2.55. The van der Waals surface area contributed by atoms with Gasteiger partial charge in [-0.05, 0) is 26.7 Å². The Hall–Kier alpha value is -0.570. The van der Waals surface area contributed by atoms with Gasteiger partial charge in [0, 0.05) is 12.5 Å². The van der Waals surface area contributed by atoms with E-state index >= 15 is 0 Å². The van der Waals surface area contributed by atoms with Gasteiger partial charge in [-0.15, -0.1) is 0 Å². The average Bonchev–Trinajstić information content (AvgIpc) is 2.84. The summed E-state index contributed by atoms with van der Waals surface area (Å²) in [5.41, 5.74) is 0.0257. The van der Waals surface area contributed by atoms with Crippen LogP contribution in [0.25, 0.3) is 0 Å². The molecule has 0 spiro atoms. The van der Waals surface area contributed by atoms with Gasteiger partial charge in [-0.2, -0.15) is 0 Å². The molecule has 0 aromatic heterocycles. The van der Waals surface area contributed by atoms with Crippen LogP contribution in [0.4, 0.5) is 0 Å². The molecule has 2 fully saturated rings. The van der Waals surface area contributed by atoms with Gasteiger partial charge in [0.05, 0.1) is 24.6 Å². The Morgan fingerprint density at radius 1 is 1.46 bits per heavy atom. The minimum absolute atomic E-state index is 0.0257. The second kappa shape index (κ2) is 2.98. The van der Waals surface area contributed by atoms with Crippen molar-refractivity contribution < 1.29 is 4.74 Å². The van der Waals surface area contributed by atoms with Crippen LogP contribution in [0.5, 0.6) is 0 Å². The van der Waals surface area contributed by atoms with E-state index in [0.717, 1.165) is 25.6 Å². The Morgan fingerprint density at radius 2 is 2.15 bits per heavy atom. The first-order valence-corrected chi connectivity index (χ1v) is 5.05. The molecule has 0 unspecified atom stereocenters. The van der Waals surface area contributed by atoms with Gasteiger partial charge in [0.15, 0.2) is 0 Å². The van der Waals surface area contributed by atoms with Gasteiger partial charge in [0.1, 0.15) is 0 Å². The normalized spacial score (nSPS) is 27.4. The van der Waals surface area contributed by atoms with Crippen LogP contribution in [-0.2, 0) is 4.74 Å². The van der Waals surface area contributed by atoms with Crippen LogP contribution in [-0.4, -0.2) is 36.0 Å². The first-order valence-electron chi connectivity index (χ1n) is 5.05. The lowest BCUT2D eigenvalue weighted by Gasteiger charge is -2.43. The molecule has 0 radical (unpaired) electrons.